The number of aromatic nitrogens is 1. The third kappa shape index (κ3) is 5.11. The Morgan fingerprint density at radius 3 is 2.57 bits per heavy atom. The number of rotatable bonds is 6. The summed E-state index contributed by atoms with van der Waals surface area (Å²) in [6.45, 7) is 2.02. The van der Waals surface area contributed by atoms with Crippen molar-refractivity contribution < 1.29 is 40.3 Å². The first-order valence-corrected chi connectivity index (χ1v) is 7.59. The van der Waals surface area contributed by atoms with E-state index in [0.717, 1.165) is 0 Å². The van der Waals surface area contributed by atoms with Crippen molar-refractivity contribution >= 4 is 28.2 Å². The van der Waals surface area contributed by atoms with Gasteiger partial charge in [-0.05, 0) is 31.2 Å². The SMILES string of the molecule is CCOC(=O)Cc1csc(N)[n+]1CC(=O)c1ccc(F)cc1.[Br-]. The van der Waals surface area contributed by atoms with Crippen molar-refractivity contribution in [2.24, 2.45) is 0 Å². The van der Waals surface area contributed by atoms with E-state index >= 15 is 0 Å². The fourth-order valence-corrected chi connectivity index (χ4v) is 2.72. The Morgan fingerprint density at radius 1 is 1.30 bits per heavy atom. The van der Waals surface area contributed by atoms with Crippen molar-refractivity contribution in [3.8, 4) is 0 Å². The summed E-state index contributed by atoms with van der Waals surface area (Å²) in [5.74, 6) is -0.981. The number of halogens is 2. The van der Waals surface area contributed by atoms with Crippen LogP contribution in [0.2, 0.25) is 0 Å². The summed E-state index contributed by atoms with van der Waals surface area (Å²) in [7, 11) is 0. The van der Waals surface area contributed by atoms with Crippen LogP contribution in [0.5, 0.6) is 0 Å². The average molecular weight is 403 g/mol. The zero-order valence-electron chi connectivity index (χ0n) is 12.4. The van der Waals surface area contributed by atoms with Crippen LogP contribution in [0.4, 0.5) is 9.52 Å². The van der Waals surface area contributed by atoms with Gasteiger partial charge < -0.3 is 21.7 Å². The van der Waals surface area contributed by atoms with Gasteiger partial charge in [0.15, 0.2) is 6.54 Å². The molecule has 1 heterocycles. The molecule has 8 heteroatoms. The monoisotopic (exact) mass is 402 g/mol. The van der Waals surface area contributed by atoms with E-state index in [4.69, 9.17) is 10.5 Å². The van der Waals surface area contributed by atoms with Crippen molar-refractivity contribution in [2.45, 2.75) is 19.9 Å². The summed E-state index contributed by atoms with van der Waals surface area (Å²) in [6, 6.07) is 5.31. The van der Waals surface area contributed by atoms with Gasteiger partial charge in [0.25, 0.3) is 0 Å². The zero-order valence-corrected chi connectivity index (χ0v) is 14.8. The predicted octanol–water partition coefficient (Wildman–Crippen LogP) is -1.25. The average Bonchev–Trinajstić information content (AvgIpc) is 2.81. The van der Waals surface area contributed by atoms with E-state index in [1.54, 1.807) is 16.9 Å². The molecule has 2 rings (SSSR count). The third-order valence-corrected chi connectivity index (χ3v) is 3.88. The fourth-order valence-electron chi connectivity index (χ4n) is 1.94. The third-order valence-electron chi connectivity index (χ3n) is 3.03. The number of ether oxygens (including phenoxy) is 1. The fraction of sp³-hybridized carbons (Fsp3) is 0.267. The highest BCUT2D eigenvalue weighted by Gasteiger charge is 2.21. The number of anilines is 1. The molecule has 0 bridgehead atoms. The number of nitrogens with zero attached hydrogens (tertiary/aromatic N) is 1. The van der Waals surface area contributed by atoms with E-state index < -0.39 is 5.82 Å². The molecule has 0 unspecified atom stereocenters. The van der Waals surface area contributed by atoms with Gasteiger partial charge in [-0.2, -0.15) is 0 Å². The summed E-state index contributed by atoms with van der Waals surface area (Å²) in [6.07, 6.45) is 0.0538. The molecule has 0 radical (unpaired) electrons. The Labute approximate surface area is 147 Å². The summed E-state index contributed by atoms with van der Waals surface area (Å²) in [5.41, 5.74) is 6.87. The van der Waals surface area contributed by atoms with Crippen molar-refractivity contribution in [1.82, 2.24) is 0 Å². The Morgan fingerprint density at radius 2 is 1.96 bits per heavy atom. The van der Waals surface area contributed by atoms with Crippen LogP contribution in [0.1, 0.15) is 23.0 Å². The van der Waals surface area contributed by atoms with Crippen LogP contribution in [0.3, 0.4) is 0 Å². The predicted molar refractivity (Wildman–Crippen MR) is 80.0 cm³/mol. The number of benzene rings is 1. The minimum atomic E-state index is -0.401. The van der Waals surface area contributed by atoms with Crippen LogP contribution in [-0.4, -0.2) is 18.4 Å². The van der Waals surface area contributed by atoms with Crippen LogP contribution < -0.4 is 27.3 Å². The molecule has 0 spiro atoms. The molecule has 1 aromatic heterocycles. The molecule has 2 aromatic rings. The number of nitrogen functional groups attached to an aromatic ring is 1. The van der Waals surface area contributed by atoms with Gasteiger partial charge in [-0.15, -0.1) is 0 Å². The Bertz CT molecular complexity index is 689. The molecule has 2 N–H and O–H groups in total. The second kappa shape index (κ2) is 8.73. The van der Waals surface area contributed by atoms with E-state index in [9.17, 15) is 14.0 Å². The second-order valence-corrected chi connectivity index (χ2v) is 5.45. The highest BCUT2D eigenvalue weighted by atomic mass is 79.9. The number of carbonyl (C=O) groups is 2. The molecule has 0 fully saturated rings. The van der Waals surface area contributed by atoms with Crippen molar-refractivity contribution in [1.29, 1.82) is 0 Å². The largest absolute Gasteiger partial charge is 1.00 e. The van der Waals surface area contributed by atoms with Gasteiger partial charge in [-0.3, -0.25) is 15.3 Å². The Balaban J connectivity index is 0.00000264. The molecule has 0 atom stereocenters. The van der Waals surface area contributed by atoms with Crippen molar-refractivity contribution in [3.05, 3.63) is 46.7 Å². The molecule has 23 heavy (non-hydrogen) atoms. The van der Waals surface area contributed by atoms with Gasteiger partial charge >= 0.3 is 11.1 Å². The van der Waals surface area contributed by atoms with Gasteiger partial charge in [-0.25, -0.2) is 8.96 Å². The molecule has 0 amide bonds. The van der Waals surface area contributed by atoms with Crippen LogP contribution in [0.15, 0.2) is 29.6 Å². The molecule has 0 aliphatic carbocycles. The number of Topliss-reactive ketones (excluding diaryl/α,β-unsaturated/α-hetero) is 1. The maximum atomic E-state index is 12.9. The van der Waals surface area contributed by atoms with Crippen LogP contribution in [0, 0.1) is 5.82 Å². The summed E-state index contributed by atoms with van der Waals surface area (Å²) in [4.78, 5) is 23.8. The van der Waals surface area contributed by atoms with E-state index in [0.29, 0.717) is 23.0 Å². The number of hydrogen-bond acceptors (Lipinski definition) is 5. The first-order valence-electron chi connectivity index (χ1n) is 6.71. The number of thiazole rings is 1. The minimum Gasteiger partial charge on any atom is -1.00 e. The molecule has 0 saturated heterocycles. The summed E-state index contributed by atoms with van der Waals surface area (Å²) >= 11 is 1.25. The lowest BCUT2D eigenvalue weighted by atomic mass is 10.1. The van der Waals surface area contributed by atoms with Crippen molar-refractivity contribution in [2.75, 3.05) is 12.3 Å². The quantitative estimate of drug-likeness (QED) is 0.372. The van der Waals surface area contributed by atoms with Gasteiger partial charge in [0.05, 0.1) is 6.61 Å². The molecule has 5 nitrogen and oxygen atoms in total. The van der Waals surface area contributed by atoms with Gasteiger partial charge in [0.2, 0.25) is 5.78 Å². The Hall–Kier alpha value is -1.80. The first-order chi connectivity index (χ1) is 10.5. The minimum absolute atomic E-state index is 0. The lowest BCUT2D eigenvalue weighted by molar-refractivity contribution is -0.671. The smallest absolute Gasteiger partial charge is 0.332 e. The maximum absolute atomic E-state index is 12.9. The standard InChI is InChI=1S/C15H15FN2O3S.BrH/c1-2-21-14(20)7-12-9-22-15(17)18(12)8-13(19)10-3-5-11(16)6-4-10;/h3-6,9,17H,2,7-8H2,1H3;1H. The molecule has 0 aliphatic heterocycles. The second-order valence-electron chi connectivity index (χ2n) is 4.56. The number of nitrogens with two attached hydrogens (primary N) is 1. The van der Waals surface area contributed by atoms with Gasteiger partial charge in [0, 0.05) is 10.9 Å². The molecular weight excluding hydrogens is 387 g/mol. The van der Waals surface area contributed by atoms with Crippen LogP contribution in [0.25, 0.3) is 0 Å². The molecular formula is C15H16BrFN2O3S. The maximum Gasteiger partial charge on any atom is 0.332 e. The molecule has 0 saturated carbocycles. The van der Waals surface area contributed by atoms with Gasteiger partial charge in [0.1, 0.15) is 17.9 Å². The van der Waals surface area contributed by atoms with E-state index in [-0.39, 0.29) is 41.7 Å². The topological polar surface area (TPSA) is 73.3 Å². The van der Waals surface area contributed by atoms with Crippen molar-refractivity contribution in [3.63, 3.8) is 0 Å². The zero-order chi connectivity index (χ0) is 16.1. The lowest BCUT2D eigenvalue weighted by Crippen LogP contribution is -3.00. The van der Waals surface area contributed by atoms with Crippen LogP contribution >= 0.6 is 11.3 Å². The number of ketones is 1. The number of esters is 1. The highest BCUT2D eigenvalue weighted by molar-refractivity contribution is 7.13. The van der Waals surface area contributed by atoms with E-state index in [2.05, 4.69) is 0 Å². The van der Waals surface area contributed by atoms with E-state index in [1.807, 2.05) is 0 Å². The normalized spacial score (nSPS) is 10.0. The first kappa shape index (κ1) is 19.2. The number of hydrogen-bond donors (Lipinski definition) is 1. The van der Waals surface area contributed by atoms with E-state index in [1.165, 1.54) is 35.6 Å². The Kier molecular flexibility index (Phi) is 7.31. The van der Waals surface area contributed by atoms with Crippen LogP contribution in [-0.2, 0) is 22.5 Å². The van der Waals surface area contributed by atoms with Gasteiger partial charge in [-0.1, -0.05) is 11.3 Å². The number of carbonyl (C=O) groups excluding carboxylic acids is 2. The molecule has 1 aromatic carbocycles. The lowest BCUT2D eigenvalue weighted by Gasteiger charge is -2.04. The highest BCUT2D eigenvalue weighted by Crippen LogP contribution is 2.12. The molecule has 124 valence electrons. The summed E-state index contributed by atoms with van der Waals surface area (Å²) in [5, 5.41) is 2.15. The molecule has 0 aliphatic rings. The summed E-state index contributed by atoms with van der Waals surface area (Å²) < 4.78 is 19.4.